The van der Waals surface area contributed by atoms with Crippen molar-refractivity contribution in [3.8, 4) is 0 Å². The first-order valence-electron chi connectivity index (χ1n) is 7.86. The van der Waals surface area contributed by atoms with Gasteiger partial charge in [-0.15, -0.1) is 0 Å². The second kappa shape index (κ2) is 6.46. The van der Waals surface area contributed by atoms with Crippen LogP contribution in [0, 0.1) is 6.92 Å². The van der Waals surface area contributed by atoms with Gasteiger partial charge in [-0.1, -0.05) is 12.1 Å². The zero-order valence-electron chi connectivity index (χ0n) is 14.1. The molecule has 0 saturated carbocycles. The van der Waals surface area contributed by atoms with Gasteiger partial charge in [0, 0.05) is 26.2 Å². The van der Waals surface area contributed by atoms with Crippen molar-refractivity contribution in [2.45, 2.75) is 39.7 Å². The molecule has 2 rings (SSSR count). The molecule has 5 heteroatoms. The Bertz CT molecular complexity index is 537. The highest BCUT2D eigenvalue weighted by atomic mass is 16.6. The maximum atomic E-state index is 12.2. The monoisotopic (exact) mass is 305 g/mol. The number of hydrogen-bond acceptors (Lipinski definition) is 4. The van der Waals surface area contributed by atoms with Gasteiger partial charge < -0.3 is 20.3 Å². The Morgan fingerprint density at radius 2 is 1.91 bits per heavy atom. The lowest BCUT2D eigenvalue weighted by Gasteiger charge is -2.27. The van der Waals surface area contributed by atoms with Crippen LogP contribution in [0.4, 0.5) is 16.2 Å². The van der Waals surface area contributed by atoms with Gasteiger partial charge in [0.1, 0.15) is 5.60 Å². The van der Waals surface area contributed by atoms with Gasteiger partial charge in [0.05, 0.1) is 11.4 Å². The summed E-state index contributed by atoms with van der Waals surface area (Å²) in [5, 5.41) is 0. The molecule has 1 heterocycles. The third-order valence-corrected chi connectivity index (χ3v) is 3.79. The van der Waals surface area contributed by atoms with Crippen molar-refractivity contribution >= 4 is 17.5 Å². The summed E-state index contributed by atoms with van der Waals surface area (Å²) in [7, 11) is 0. The third kappa shape index (κ3) is 4.06. The standard InChI is InChI=1S/C17H27N3O2/c1-13-7-5-8-14(15(13)18)19-9-6-10-20(12-11-19)16(21)22-17(2,3)4/h5,7-8H,6,9-12,18H2,1-4H3. The van der Waals surface area contributed by atoms with Crippen molar-refractivity contribution < 1.29 is 9.53 Å². The minimum Gasteiger partial charge on any atom is -0.444 e. The Balaban J connectivity index is 2.04. The van der Waals surface area contributed by atoms with E-state index in [-0.39, 0.29) is 6.09 Å². The molecule has 0 spiro atoms. The van der Waals surface area contributed by atoms with Crippen molar-refractivity contribution in [3.05, 3.63) is 23.8 Å². The van der Waals surface area contributed by atoms with Gasteiger partial charge in [0.2, 0.25) is 0 Å². The van der Waals surface area contributed by atoms with Crippen LogP contribution >= 0.6 is 0 Å². The van der Waals surface area contributed by atoms with Crippen LogP contribution in [0.2, 0.25) is 0 Å². The first kappa shape index (κ1) is 16.5. The van der Waals surface area contributed by atoms with E-state index in [0.717, 1.165) is 43.0 Å². The third-order valence-electron chi connectivity index (χ3n) is 3.79. The molecule has 0 atom stereocenters. The number of benzene rings is 1. The predicted octanol–water partition coefficient (Wildman–Crippen LogP) is 3.02. The number of nitrogens with zero attached hydrogens (tertiary/aromatic N) is 2. The summed E-state index contributed by atoms with van der Waals surface area (Å²) in [6, 6.07) is 6.09. The SMILES string of the molecule is Cc1cccc(N2CCCN(C(=O)OC(C)(C)C)CC2)c1N. The number of rotatable bonds is 1. The zero-order valence-corrected chi connectivity index (χ0v) is 14.1. The van der Waals surface area contributed by atoms with Crippen molar-refractivity contribution in [1.82, 2.24) is 4.90 Å². The summed E-state index contributed by atoms with van der Waals surface area (Å²) in [5.41, 5.74) is 8.72. The maximum absolute atomic E-state index is 12.2. The number of amides is 1. The van der Waals surface area contributed by atoms with E-state index in [1.54, 1.807) is 4.90 Å². The first-order valence-corrected chi connectivity index (χ1v) is 7.86. The summed E-state index contributed by atoms with van der Waals surface area (Å²) in [4.78, 5) is 16.2. The van der Waals surface area contributed by atoms with Gasteiger partial charge in [-0.05, 0) is 45.7 Å². The van der Waals surface area contributed by atoms with Crippen molar-refractivity contribution in [1.29, 1.82) is 0 Å². The number of aryl methyl sites for hydroxylation is 1. The largest absolute Gasteiger partial charge is 0.444 e. The smallest absolute Gasteiger partial charge is 0.410 e. The van der Waals surface area contributed by atoms with E-state index >= 15 is 0 Å². The molecule has 122 valence electrons. The molecule has 1 aromatic rings. The van der Waals surface area contributed by atoms with Crippen molar-refractivity contribution in [2.24, 2.45) is 0 Å². The summed E-state index contributed by atoms with van der Waals surface area (Å²) < 4.78 is 5.46. The lowest BCUT2D eigenvalue weighted by atomic mass is 10.1. The van der Waals surface area contributed by atoms with Crippen LogP contribution in [-0.2, 0) is 4.74 Å². The average Bonchev–Trinajstić information content (AvgIpc) is 2.66. The fourth-order valence-electron chi connectivity index (χ4n) is 2.61. The zero-order chi connectivity index (χ0) is 16.3. The maximum Gasteiger partial charge on any atom is 0.410 e. The first-order chi connectivity index (χ1) is 10.3. The molecular weight excluding hydrogens is 278 g/mol. The summed E-state index contributed by atoms with van der Waals surface area (Å²) in [5.74, 6) is 0. The molecule has 0 unspecified atom stereocenters. The molecule has 0 aliphatic carbocycles. The second-order valence-corrected chi connectivity index (χ2v) is 6.82. The lowest BCUT2D eigenvalue weighted by molar-refractivity contribution is 0.0263. The van der Waals surface area contributed by atoms with Crippen LogP contribution in [0.5, 0.6) is 0 Å². The fraction of sp³-hybridized carbons (Fsp3) is 0.588. The Hall–Kier alpha value is -1.91. The highest BCUT2D eigenvalue weighted by molar-refractivity contribution is 5.71. The normalized spacial score (nSPS) is 16.4. The van der Waals surface area contributed by atoms with Crippen LogP contribution < -0.4 is 10.6 Å². The molecule has 5 nitrogen and oxygen atoms in total. The van der Waals surface area contributed by atoms with E-state index in [9.17, 15) is 4.79 Å². The highest BCUT2D eigenvalue weighted by Crippen LogP contribution is 2.27. The Labute approximate surface area is 133 Å². The van der Waals surface area contributed by atoms with Gasteiger partial charge in [0.15, 0.2) is 0 Å². The van der Waals surface area contributed by atoms with Crippen LogP contribution in [0.3, 0.4) is 0 Å². The molecule has 1 aliphatic rings. The molecule has 22 heavy (non-hydrogen) atoms. The quantitative estimate of drug-likeness (QED) is 0.810. The van der Waals surface area contributed by atoms with Gasteiger partial charge in [-0.2, -0.15) is 0 Å². The number of carbonyl (C=O) groups is 1. The van der Waals surface area contributed by atoms with E-state index in [0.29, 0.717) is 6.54 Å². The predicted molar refractivity (Wildman–Crippen MR) is 90.2 cm³/mol. The van der Waals surface area contributed by atoms with Gasteiger partial charge >= 0.3 is 6.09 Å². The molecule has 0 aromatic heterocycles. The summed E-state index contributed by atoms with van der Waals surface area (Å²) in [6.07, 6.45) is 0.679. The average molecular weight is 305 g/mol. The molecule has 0 bridgehead atoms. The number of carbonyl (C=O) groups excluding carboxylic acids is 1. The minimum absolute atomic E-state index is 0.230. The summed E-state index contributed by atoms with van der Waals surface area (Å²) >= 11 is 0. The molecule has 1 fully saturated rings. The topological polar surface area (TPSA) is 58.8 Å². The minimum atomic E-state index is -0.454. The van der Waals surface area contributed by atoms with Crippen LogP contribution in [-0.4, -0.2) is 42.8 Å². The van der Waals surface area contributed by atoms with Crippen molar-refractivity contribution in [2.75, 3.05) is 36.8 Å². The van der Waals surface area contributed by atoms with E-state index < -0.39 is 5.60 Å². The van der Waals surface area contributed by atoms with Crippen LogP contribution in [0.15, 0.2) is 18.2 Å². The Kier molecular flexibility index (Phi) is 4.84. The van der Waals surface area contributed by atoms with Crippen molar-refractivity contribution in [3.63, 3.8) is 0 Å². The lowest BCUT2D eigenvalue weighted by Crippen LogP contribution is -2.39. The van der Waals surface area contributed by atoms with E-state index in [4.69, 9.17) is 10.5 Å². The van der Waals surface area contributed by atoms with Crippen LogP contribution in [0.25, 0.3) is 0 Å². The summed E-state index contributed by atoms with van der Waals surface area (Å²) in [6.45, 7) is 10.7. The molecule has 1 amide bonds. The molecule has 1 saturated heterocycles. The number of ether oxygens (including phenoxy) is 1. The molecular formula is C17H27N3O2. The Morgan fingerprint density at radius 1 is 1.18 bits per heavy atom. The van der Waals surface area contributed by atoms with Gasteiger partial charge in [0.25, 0.3) is 0 Å². The molecule has 0 radical (unpaired) electrons. The number of nitrogens with two attached hydrogens (primary N) is 1. The molecule has 2 N–H and O–H groups in total. The van der Waals surface area contributed by atoms with E-state index in [1.165, 1.54) is 0 Å². The molecule has 1 aromatic carbocycles. The van der Waals surface area contributed by atoms with E-state index in [1.807, 2.05) is 45.9 Å². The molecule has 1 aliphatic heterocycles. The number of nitrogen functional groups attached to an aromatic ring is 1. The second-order valence-electron chi connectivity index (χ2n) is 6.82. The Morgan fingerprint density at radius 3 is 2.59 bits per heavy atom. The highest BCUT2D eigenvalue weighted by Gasteiger charge is 2.25. The number of anilines is 2. The van der Waals surface area contributed by atoms with E-state index in [2.05, 4.69) is 4.90 Å². The van der Waals surface area contributed by atoms with Crippen LogP contribution in [0.1, 0.15) is 32.8 Å². The number of hydrogen-bond donors (Lipinski definition) is 1. The van der Waals surface area contributed by atoms with Gasteiger partial charge in [-0.3, -0.25) is 0 Å². The fourth-order valence-corrected chi connectivity index (χ4v) is 2.61. The van der Waals surface area contributed by atoms with Gasteiger partial charge in [-0.25, -0.2) is 4.79 Å². The number of para-hydroxylation sites is 1.